The van der Waals surface area contributed by atoms with Crippen molar-refractivity contribution in [3.63, 3.8) is 0 Å². The molecule has 1 amide bonds. The van der Waals surface area contributed by atoms with E-state index in [9.17, 15) is 4.79 Å². The van der Waals surface area contributed by atoms with E-state index in [2.05, 4.69) is 21.2 Å². The van der Waals surface area contributed by atoms with Crippen molar-refractivity contribution in [1.82, 2.24) is 0 Å². The van der Waals surface area contributed by atoms with Crippen LogP contribution in [-0.2, 0) is 11.2 Å². The summed E-state index contributed by atoms with van der Waals surface area (Å²) in [4.78, 5) is 13.2. The van der Waals surface area contributed by atoms with E-state index in [0.717, 1.165) is 25.8 Å². The Hall–Kier alpha value is -1.65. The van der Waals surface area contributed by atoms with Crippen LogP contribution in [0.25, 0.3) is 10.8 Å². The molecule has 0 aliphatic carbocycles. The number of hydrogen-bond acceptors (Lipinski definition) is 2. The Morgan fingerprint density at radius 3 is 2.60 bits per heavy atom. The van der Waals surface area contributed by atoms with Crippen molar-refractivity contribution in [2.24, 2.45) is 0 Å². The van der Waals surface area contributed by atoms with E-state index in [0.29, 0.717) is 6.42 Å². The fourth-order valence-corrected chi connectivity index (χ4v) is 3.32. The molecule has 1 heterocycles. The second kappa shape index (κ2) is 5.77. The standard InChI is InChI=1S/C16H12BrNOS/c17-14-7-8-15(13-6-2-1-5-12(13)14)18-16(19)10-11-4-3-9-20-11/h1-9H,10H2,(H,18,19). The van der Waals surface area contributed by atoms with Crippen LogP contribution in [0.3, 0.4) is 0 Å². The van der Waals surface area contributed by atoms with Gasteiger partial charge < -0.3 is 5.32 Å². The van der Waals surface area contributed by atoms with Crippen LogP contribution in [0.5, 0.6) is 0 Å². The van der Waals surface area contributed by atoms with Gasteiger partial charge in [-0.2, -0.15) is 0 Å². The molecule has 100 valence electrons. The lowest BCUT2D eigenvalue weighted by Crippen LogP contribution is -2.13. The maximum Gasteiger partial charge on any atom is 0.229 e. The van der Waals surface area contributed by atoms with E-state index in [1.54, 1.807) is 11.3 Å². The van der Waals surface area contributed by atoms with Gasteiger partial charge in [-0.25, -0.2) is 0 Å². The van der Waals surface area contributed by atoms with E-state index in [1.807, 2.05) is 53.9 Å². The summed E-state index contributed by atoms with van der Waals surface area (Å²) < 4.78 is 1.03. The van der Waals surface area contributed by atoms with Crippen molar-refractivity contribution in [1.29, 1.82) is 0 Å². The summed E-state index contributed by atoms with van der Waals surface area (Å²) in [5, 5.41) is 7.12. The van der Waals surface area contributed by atoms with Gasteiger partial charge in [0, 0.05) is 20.4 Å². The van der Waals surface area contributed by atoms with Crippen LogP contribution in [0.15, 0.2) is 58.4 Å². The molecule has 0 unspecified atom stereocenters. The molecule has 1 N–H and O–H groups in total. The monoisotopic (exact) mass is 345 g/mol. The highest BCUT2D eigenvalue weighted by Crippen LogP contribution is 2.30. The highest BCUT2D eigenvalue weighted by atomic mass is 79.9. The number of rotatable bonds is 3. The third kappa shape index (κ3) is 2.76. The number of halogens is 1. The first-order valence-corrected chi connectivity index (χ1v) is 7.91. The molecule has 20 heavy (non-hydrogen) atoms. The van der Waals surface area contributed by atoms with Gasteiger partial charge >= 0.3 is 0 Å². The average Bonchev–Trinajstić information content (AvgIpc) is 2.95. The molecule has 3 rings (SSSR count). The van der Waals surface area contributed by atoms with Gasteiger partial charge in [-0.1, -0.05) is 46.3 Å². The molecule has 0 aliphatic rings. The number of amides is 1. The van der Waals surface area contributed by atoms with E-state index in [-0.39, 0.29) is 5.91 Å². The SMILES string of the molecule is O=C(Cc1cccs1)Nc1ccc(Br)c2ccccc12. The number of fused-ring (bicyclic) bond motifs is 1. The lowest BCUT2D eigenvalue weighted by Gasteiger charge is -2.09. The molecular weight excluding hydrogens is 334 g/mol. The van der Waals surface area contributed by atoms with Crippen molar-refractivity contribution in [2.75, 3.05) is 5.32 Å². The maximum absolute atomic E-state index is 12.1. The second-order valence-electron chi connectivity index (χ2n) is 4.44. The lowest BCUT2D eigenvalue weighted by atomic mass is 10.1. The minimum atomic E-state index is 0.0138. The predicted molar refractivity (Wildman–Crippen MR) is 88.3 cm³/mol. The maximum atomic E-state index is 12.1. The first kappa shape index (κ1) is 13.3. The van der Waals surface area contributed by atoms with Crippen LogP contribution >= 0.6 is 27.3 Å². The largest absolute Gasteiger partial charge is 0.325 e. The summed E-state index contributed by atoms with van der Waals surface area (Å²) in [5.74, 6) is 0.0138. The van der Waals surface area contributed by atoms with Crippen molar-refractivity contribution in [3.8, 4) is 0 Å². The van der Waals surface area contributed by atoms with Crippen LogP contribution in [0.4, 0.5) is 5.69 Å². The Morgan fingerprint density at radius 2 is 1.85 bits per heavy atom. The van der Waals surface area contributed by atoms with Gasteiger partial charge in [0.15, 0.2) is 0 Å². The molecule has 0 fully saturated rings. The summed E-state index contributed by atoms with van der Waals surface area (Å²) >= 11 is 5.13. The number of carbonyl (C=O) groups is 1. The number of thiophene rings is 1. The van der Waals surface area contributed by atoms with Crippen LogP contribution in [0.1, 0.15) is 4.88 Å². The molecule has 2 aromatic carbocycles. The third-order valence-electron chi connectivity index (χ3n) is 3.06. The molecule has 0 spiro atoms. The van der Waals surface area contributed by atoms with Gasteiger partial charge in [-0.15, -0.1) is 11.3 Å². The summed E-state index contributed by atoms with van der Waals surface area (Å²) in [7, 11) is 0. The molecule has 0 bridgehead atoms. The molecule has 0 atom stereocenters. The third-order valence-corrected chi connectivity index (χ3v) is 4.63. The van der Waals surface area contributed by atoms with Gasteiger partial charge in [-0.05, 0) is 29.0 Å². The molecule has 0 saturated heterocycles. The Bertz CT molecular complexity index is 752. The minimum Gasteiger partial charge on any atom is -0.325 e. The van der Waals surface area contributed by atoms with Crippen molar-refractivity contribution >= 4 is 49.6 Å². The lowest BCUT2D eigenvalue weighted by molar-refractivity contribution is -0.115. The van der Waals surface area contributed by atoms with E-state index < -0.39 is 0 Å². The van der Waals surface area contributed by atoms with Crippen molar-refractivity contribution < 1.29 is 4.79 Å². The van der Waals surface area contributed by atoms with Gasteiger partial charge in [-0.3, -0.25) is 4.79 Å². The first-order valence-electron chi connectivity index (χ1n) is 6.23. The summed E-state index contributed by atoms with van der Waals surface area (Å²) in [6.45, 7) is 0. The van der Waals surface area contributed by atoms with Crippen LogP contribution in [0.2, 0.25) is 0 Å². The molecule has 4 heteroatoms. The van der Waals surface area contributed by atoms with E-state index in [1.165, 1.54) is 0 Å². The number of anilines is 1. The second-order valence-corrected chi connectivity index (χ2v) is 6.33. The minimum absolute atomic E-state index is 0.0138. The Balaban J connectivity index is 1.87. The first-order chi connectivity index (χ1) is 9.74. The number of benzene rings is 2. The highest BCUT2D eigenvalue weighted by Gasteiger charge is 2.08. The molecule has 2 nitrogen and oxygen atoms in total. The summed E-state index contributed by atoms with van der Waals surface area (Å²) in [5.41, 5.74) is 0.852. The normalized spacial score (nSPS) is 10.7. The molecule has 3 aromatic rings. The number of hydrogen-bond donors (Lipinski definition) is 1. The average molecular weight is 346 g/mol. The smallest absolute Gasteiger partial charge is 0.229 e. The number of carbonyl (C=O) groups excluding carboxylic acids is 1. The zero-order chi connectivity index (χ0) is 13.9. The van der Waals surface area contributed by atoms with Crippen molar-refractivity contribution in [2.45, 2.75) is 6.42 Å². The fraction of sp³-hybridized carbons (Fsp3) is 0.0625. The van der Waals surface area contributed by atoms with E-state index >= 15 is 0 Å². The summed E-state index contributed by atoms with van der Waals surface area (Å²) in [6, 6.07) is 15.8. The van der Waals surface area contributed by atoms with Gasteiger partial charge in [0.1, 0.15) is 0 Å². The highest BCUT2D eigenvalue weighted by molar-refractivity contribution is 9.10. The van der Waals surface area contributed by atoms with Gasteiger partial charge in [0.05, 0.1) is 6.42 Å². The molecule has 0 aliphatic heterocycles. The number of nitrogens with one attached hydrogen (secondary N) is 1. The predicted octanol–water partition coefficient (Wildman–Crippen LogP) is 4.85. The van der Waals surface area contributed by atoms with Crippen LogP contribution in [0, 0.1) is 0 Å². The topological polar surface area (TPSA) is 29.1 Å². The zero-order valence-corrected chi connectivity index (χ0v) is 13.0. The molecular formula is C16H12BrNOS. The fourth-order valence-electron chi connectivity index (χ4n) is 2.14. The van der Waals surface area contributed by atoms with E-state index in [4.69, 9.17) is 0 Å². The molecule has 0 saturated carbocycles. The van der Waals surface area contributed by atoms with Gasteiger partial charge in [0.25, 0.3) is 0 Å². The van der Waals surface area contributed by atoms with Crippen molar-refractivity contribution in [3.05, 3.63) is 63.3 Å². The quantitative estimate of drug-likeness (QED) is 0.722. The Morgan fingerprint density at radius 1 is 1.05 bits per heavy atom. The Labute approximate surface area is 129 Å². The Kier molecular flexibility index (Phi) is 3.85. The molecule has 0 radical (unpaired) electrons. The summed E-state index contributed by atoms with van der Waals surface area (Å²) in [6.07, 6.45) is 0.419. The van der Waals surface area contributed by atoms with Crippen LogP contribution < -0.4 is 5.32 Å². The zero-order valence-electron chi connectivity index (χ0n) is 10.6. The van der Waals surface area contributed by atoms with Gasteiger partial charge in [0.2, 0.25) is 5.91 Å². The molecule has 1 aromatic heterocycles. The van der Waals surface area contributed by atoms with Crippen LogP contribution in [-0.4, -0.2) is 5.91 Å².